The lowest BCUT2D eigenvalue weighted by Crippen LogP contribution is -2.36. The third-order valence-electron chi connectivity index (χ3n) is 3.44. The van der Waals surface area contributed by atoms with E-state index in [1.807, 2.05) is 0 Å². The van der Waals surface area contributed by atoms with E-state index in [2.05, 4.69) is 31.0 Å². The normalized spacial score (nSPS) is 24.2. The van der Waals surface area contributed by atoms with Crippen molar-refractivity contribution in [3.05, 3.63) is 0 Å². The second kappa shape index (κ2) is 6.41. The molecule has 0 saturated carbocycles. The summed E-state index contributed by atoms with van der Waals surface area (Å²) < 4.78 is 0. The number of hydrogen-bond acceptors (Lipinski definition) is 2. The molecule has 0 amide bonds. The summed E-state index contributed by atoms with van der Waals surface area (Å²) in [5.74, 6) is 0.876. The molecule has 0 aromatic heterocycles. The molecule has 14 heavy (non-hydrogen) atoms. The summed E-state index contributed by atoms with van der Waals surface area (Å²) in [5.41, 5.74) is 0. The maximum Gasteiger partial charge on any atom is 0.0110 e. The van der Waals surface area contributed by atoms with Crippen LogP contribution in [-0.2, 0) is 0 Å². The molecule has 0 aromatic rings. The van der Waals surface area contributed by atoms with Gasteiger partial charge in [-0.2, -0.15) is 0 Å². The fourth-order valence-electron chi connectivity index (χ4n) is 2.21. The Bertz CT molecular complexity index is 139. The van der Waals surface area contributed by atoms with Gasteiger partial charge in [-0.1, -0.05) is 20.3 Å². The van der Waals surface area contributed by atoms with Crippen LogP contribution in [0.25, 0.3) is 0 Å². The van der Waals surface area contributed by atoms with Crippen molar-refractivity contribution in [2.75, 3.05) is 26.2 Å². The first kappa shape index (κ1) is 12.0. The average molecular weight is 198 g/mol. The number of hydrogen-bond donors (Lipinski definition) is 1. The van der Waals surface area contributed by atoms with Crippen LogP contribution >= 0.6 is 0 Å². The summed E-state index contributed by atoms with van der Waals surface area (Å²) in [4.78, 5) is 2.64. The van der Waals surface area contributed by atoms with E-state index in [1.54, 1.807) is 0 Å². The van der Waals surface area contributed by atoms with Crippen LogP contribution in [0.3, 0.4) is 0 Å². The molecule has 1 saturated heterocycles. The highest BCUT2D eigenvalue weighted by atomic mass is 15.2. The van der Waals surface area contributed by atoms with Gasteiger partial charge in [0.15, 0.2) is 0 Å². The molecule has 0 bridgehead atoms. The van der Waals surface area contributed by atoms with E-state index in [-0.39, 0.29) is 0 Å². The number of nitrogens with one attached hydrogen (secondary N) is 1. The van der Waals surface area contributed by atoms with Crippen molar-refractivity contribution in [3.8, 4) is 0 Å². The Morgan fingerprint density at radius 1 is 1.21 bits per heavy atom. The molecule has 2 unspecified atom stereocenters. The Kier molecular flexibility index (Phi) is 5.49. The molecule has 2 heteroatoms. The van der Waals surface area contributed by atoms with Gasteiger partial charge in [0, 0.05) is 19.1 Å². The fourth-order valence-corrected chi connectivity index (χ4v) is 2.21. The Morgan fingerprint density at radius 2 is 2.00 bits per heavy atom. The minimum Gasteiger partial charge on any atom is -0.315 e. The topological polar surface area (TPSA) is 15.3 Å². The van der Waals surface area contributed by atoms with Crippen LogP contribution in [0.4, 0.5) is 0 Å². The van der Waals surface area contributed by atoms with Crippen molar-refractivity contribution in [2.24, 2.45) is 5.92 Å². The minimum absolute atomic E-state index is 0.768. The van der Waals surface area contributed by atoms with Gasteiger partial charge in [-0.3, -0.25) is 4.90 Å². The Labute approximate surface area is 89.1 Å². The molecule has 2 atom stereocenters. The van der Waals surface area contributed by atoms with E-state index in [0.29, 0.717) is 0 Å². The van der Waals surface area contributed by atoms with Gasteiger partial charge >= 0.3 is 0 Å². The molecule has 0 aliphatic carbocycles. The molecular formula is C12H26N2. The van der Waals surface area contributed by atoms with E-state index in [0.717, 1.165) is 12.0 Å². The zero-order valence-corrected chi connectivity index (χ0v) is 10.1. The maximum atomic E-state index is 3.46. The van der Waals surface area contributed by atoms with Gasteiger partial charge < -0.3 is 5.32 Å². The standard InChI is InChI=1S/C12H26N2/c1-4-11(2)10-12(3)14-8-5-6-13-7-9-14/h11-13H,4-10H2,1-3H3. The van der Waals surface area contributed by atoms with E-state index >= 15 is 0 Å². The van der Waals surface area contributed by atoms with Crippen molar-refractivity contribution in [1.82, 2.24) is 10.2 Å². The summed E-state index contributed by atoms with van der Waals surface area (Å²) in [5, 5.41) is 3.46. The van der Waals surface area contributed by atoms with Crippen LogP contribution in [-0.4, -0.2) is 37.1 Å². The second-order valence-corrected chi connectivity index (χ2v) is 4.74. The molecular weight excluding hydrogens is 172 g/mol. The smallest absolute Gasteiger partial charge is 0.0110 e. The number of rotatable bonds is 4. The molecule has 0 radical (unpaired) electrons. The second-order valence-electron chi connectivity index (χ2n) is 4.74. The summed E-state index contributed by atoms with van der Waals surface area (Å²) >= 11 is 0. The van der Waals surface area contributed by atoms with Crippen LogP contribution in [0, 0.1) is 5.92 Å². The summed E-state index contributed by atoms with van der Waals surface area (Å²) in [6.07, 6.45) is 3.98. The van der Waals surface area contributed by atoms with E-state index < -0.39 is 0 Å². The minimum atomic E-state index is 0.768. The summed E-state index contributed by atoms with van der Waals surface area (Å²) in [6, 6.07) is 0.768. The molecule has 2 nitrogen and oxygen atoms in total. The van der Waals surface area contributed by atoms with Crippen LogP contribution in [0.2, 0.25) is 0 Å². The third kappa shape index (κ3) is 3.97. The first-order chi connectivity index (χ1) is 6.74. The Morgan fingerprint density at radius 3 is 2.71 bits per heavy atom. The quantitative estimate of drug-likeness (QED) is 0.744. The van der Waals surface area contributed by atoms with Gasteiger partial charge in [0.2, 0.25) is 0 Å². The first-order valence-electron chi connectivity index (χ1n) is 6.18. The van der Waals surface area contributed by atoms with E-state index in [1.165, 1.54) is 45.4 Å². The zero-order valence-electron chi connectivity index (χ0n) is 10.1. The molecule has 1 heterocycles. The van der Waals surface area contributed by atoms with E-state index in [4.69, 9.17) is 0 Å². The SMILES string of the molecule is CCC(C)CC(C)N1CCCNCC1. The monoisotopic (exact) mass is 198 g/mol. The van der Waals surface area contributed by atoms with Gasteiger partial charge in [-0.15, -0.1) is 0 Å². The molecule has 0 aromatic carbocycles. The van der Waals surface area contributed by atoms with Crippen molar-refractivity contribution in [2.45, 2.75) is 46.1 Å². The zero-order chi connectivity index (χ0) is 10.4. The summed E-state index contributed by atoms with van der Waals surface area (Å²) in [6.45, 7) is 11.9. The van der Waals surface area contributed by atoms with Gasteiger partial charge in [0.1, 0.15) is 0 Å². The van der Waals surface area contributed by atoms with Gasteiger partial charge in [-0.25, -0.2) is 0 Å². The van der Waals surface area contributed by atoms with Crippen LogP contribution in [0.5, 0.6) is 0 Å². The van der Waals surface area contributed by atoms with Crippen LogP contribution in [0.15, 0.2) is 0 Å². The van der Waals surface area contributed by atoms with Crippen LogP contribution in [0.1, 0.15) is 40.0 Å². The van der Waals surface area contributed by atoms with Gasteiger partial charge in [0.25, 0.3) is 0 Å². The molecule has 1 N–H and O–H groups in total. The predicted molar refractivity (Wildman–Crippen MR) is 62.6 cm³/mol. The first-order valence-corrected chi connectivity index (χ1v) is 6.18. The molecule has 84 valence electrons. The molecule has 0 spiro atoms. The average Bonchev–Trinajstić information content (AvgIpc) is 2.45. The van der Waals surface area contributed by atoms with E-state index in [9.17, 15) is 0 Å². The summed E-state index contributed by atoms with van der Waals surface area (Å²) in [7, 11) is 0. The highest BCUT2D eigenvalue weighted by Crippen LogP contribution is 2.14. The fraction of sp³-hybridized carbons (Fsp3) is 1.00. The molecule has 1 aliphatic rings. The van der Waals surface area contributed by atoms with Crippen molar-refractivity contribution in [3.63, 3.8) is 0 Å². The molecule has 1 rings (SSSR count). The maximum absolute atomic E-state index is 3.46. The lowest BCUT2D eigenvalue weighted by molar-refractivity contribution is 0.194. The highest BCUT2D eigenvalue weighted by molar-refractivity contribution is 4.73. The third-order valence-corrected chi connectivity index (χ3v) is 3.44. The Balaban J connectivity index is 2.30. The van der Waals surface area contributed by atoms with Gasteiger partial charge in [-0.05, 0) is 38.8 Å². The van der Waals surface area contributed by atoms with Crippen molar-refractivity contribution < 1.29 is 0 Å². The predicted octanol–water partition coefficient (Wildman–Crippen LogP) is 2.11. The largest absolute Gasteiger partial charge is 0.315 e. The Hall–Kier alpha value is -0.0800. The lowest BCUT2D eigenvalue weighted by Gasteiger charge is -2.29. The molecule has 1 fully saturated rings. The highest BCUT2D eigenvalue weighted by Gasteiger charge is 2.16. The lowest BCUT2D eigenvalue weighted by atomic mass is 9.99. The van der Waals surface area contributed by atoms with Crippen molar-refractivity contribution in [1.29, 1.82) is 0 Å². The van der Waals surface area contributed by atoms with Crippen molar-refractivity contribution >= 4 is 0 Å². The molecule has 1 aliphatic heterocycles. The van der Waals surface area contributed by atoms with Crippen LogP contribution < -0.4 is 5.32 Å². The number of nitrogens with zero attached hydrogens (tertiary/aromatic N) is 1. The van der Waals surface area contributed by atoms with Gasteiger partial charge in [0.05, 0.1) is 0 Å².